The molecule has 2 amide bonds. The Bertz CT molecular complexity index is 639. The fourth-order valence-corrected chi connectivity index (χ4v) is 3.04. The molecule has 3 rings (SSSR count). The zero-order chi connectivity index (χ0) is 16.4. The second kappa shape index (κ2) is 6.47. The van der Waals surface area contributed by atoms with Crippen molar-refractivity contribution in [1.82, 2.24) is 20.0 Å². The average Bonchev–Trinajstić information content (AvgIpc) is 3.01. The van der Waals surface area contributed by atoms with E-state index in [1.54, 1.807) is 11.8 Å². The third kappa shape index (κ3) is 3.25. The number of carbonyl (C=O) groups is 2. The van der Waals surface area contributed by atoms with E-state index in [1.165, 1.54) is 5.01 Å². The van der Waals surface area contributed by atoms with Gasteiger partial charge in [-0.15, -0.1) is 0 Å². The predicted molar refractivity (Wildman–Crippen MR) is 81.6 cm³/mol. The van der Waals surface area contributed by atoms with Crippen molar-refractivity contribution in [2.45, 2.75) is 45.4 Å². The van der Waals surface area contributed by atoms with Crippen molar-refractivity contribution in [1.29, 1.82) is 0 Å². The van der Waals surface area contributed by atoms with Gasteiger partial charge in [0.2, 0.25) is 11.8 Å². The van der Waals surface area contributed by atoms with Gasteiger partial charge < -0.3 is 9.42 Å². The van der Waals surface area contributed by atoms with Gasteiger partial charge in [-0.05, 0) is 19.8 Å². The third-order valence-electron chi connectivity index (χ3n) is 4.27. The molecule has 1 saturated heterocycles. The Morgan fingerprint density at radius 2 is 2.22 bits per heavy atom. The summed E-state index contributed by atoms with van der Waals surface area (Å²) in [7, 11) is 0. The number of carbonyl (C=O) groups excluding carboxylic acids is 2. The smallest absolute Gasteiger partial charge is 0.270 e. The molecule has 0 unspecified atom stereocenters. The lowest BCUT2D eigenvalue weighted by Gasteiger charge is -2.32. The molecular weight excluding hydrogens is 298 g/mol. The SMILES string of the molecule is CCN1N=C(C(=O)N2CCC[C@@H](c3noc(C)n3)C2)CCC1=O. The van der Waals surface area contributed by atoms with Gasteiger partial charge in [-0.1, -0.05) is 5.16 Å². The van der Waals surface area contributed by atoms with Crippen LogP contribution in [0.5, 0.6) is 0 Å². The molecule has 8 heteroatoms. The number of piperidine rings is 1. The van der Waals surface area contributed by atoms with Crippen LogP contribution >= 0.6 is 0 Å². The van der Waals surface area contributed by atoms with Crippen LogP contribution in [0.4, 0.5) is 0 Å². The highest BCUT2D eigenvalue weighted by atomic mass is 16.5. The van der Waals surface area contributed by atoms with Crippen LogP contribution in [0.25, 0.3) is 0 Å². The number of rotatable bonds is 3. The summed E-state index contributed by atoms with van der Waals surface area (Å²) in [4.78, 5) is 30.4. The minimum atomic E-state index is -0.0825. The summed E-state index contributed by atoms with van der Waals surface area (Å²) in [6.07, 6.45) is 2.60. The molecule has 23 heavy (non-hydrogen) atoms. The van der Waals surface area contributed by atoms with Crippen molar-refractivity contribution in [3.05, 3.63) is 11.7 Å². The van der Waals surface area contributed by atoms with Gasteiger partial charge in [0.1, 0.15) is 5.71 Å². The average molecular weight is 319 g/mol. The van der Waals surface area contributed by atoms with Crippen LogP contribution in [0.2, 0.25) is 0 Å². The first-order valence-corrected chi connectivity index (χ1v) is 8.05. The van der Waals surface area contributed by atoms with Crippen molar-refractivity contribution in [2.24, 2.45) is 5.10 Å². The van der Waals surface area contributed by atoms with Crippen molar-refractivity contribution >= 4 is 17.5 Å². The van der Waals surface area contributed by atoms with E-state index in [0.717, 1.165) is 12.8 Å². The maximum absolute atomic E-state index is 12.7. The lowest BCUT2D eigenvalue weighted by Crippen LogP contribution is -2.45. The summed E-state index contributed by atoms with van der Waals surface area (Å²) >= 11 is 0. The van der Waals surface area contributed by atoms with Crippen LogP contribution in [0.3, 0.4) is 0 Å². The van der Waals surface area contributed by atoms with Crippen molar-refractivity contribution in [3.8, 4) is 0 Å². The van der Waals surface area contributed by atoms with Crippen LogP contribution in [0.1, 0.15) is 50.2 Å². The van der Waals surface area contributed by atoms with Gasteiger partial charge in [-0.3, -0.25) is 9.59 Å². The Hall–Kier alpha value is -2.25. The fraction of sp³-hybridized carbons (Fsp3) is 0.667. The summed E-state index contributed by atoms with van der Waals surface area (Å²) in [5.41, 5.74) is 0.469. The van der Waals surface area contributed by atoms with E-state index in [-0.39, 0.29) is 17.7 Å². The topological polar surface area (TPSA) is 91.9 Å². The molecule has 0 bridgehead atoms. The third-order valence-corrected chi connectivity index (χ3v) is 4.27. The van der Waals surface area contributed by atoms with Gasteiger partial charge in [0.25, 0.3) is 5.91 Å². The van der Waals surface area contributed by atoms with Gasteiger partial charge in [0, 0.05) is 45.3 Å². The lowest BCUT2D eigenvalue weighted by atomic mass is 9.96. The second-order valence-electron chi connectivity index (χ2n) is 5.92. The number of likely N-dealkylation sites (tertiary alicyclic amines) is 1. The largest absolute Gasteiger partial charge is 0.340 e. The molecule has 8 nitrogen and oxygen atoms in total. The summed E-state index contributed by atoms with van der Waals surface area (Å²) in [6.45, 7) is 5.36. The highest BCUT2D eigenvalue weighted by Crippen LogP contribution is 2.25. The summed E-state index contributed by atoms with van der Waals surface area (Å²) in [6, 6.07) is 0. The molecule has 0 radical (unpaired) electrons. The molecule has 0 aliphatic carbocycles. The molecule has 0 spiro atoms. The maximum Gasteiger partial charge on any atom is 0.270 e. The fourth-order valence-electron chi connectivity index (χ4n) is 3.04. The molecule has 0 saturated carbocycles. The molecule has 1 aromatic rings. The molecule has 2 aliphatic heterocycles. The number of hydrazone groups is 1. The molecule has 0 N–H and O–H groups in total. The second-order valence-corrected chi connectivity index (χ2v) is 5.92. The Balaban J connectivity index is 1.71. The number of aromatic nitrogens is 2. The van der Waals surface area contributed by atoms with Crippen LogP contribution in [0.15, 0.2) is 9.62 Å². The molecule has 1 fully saturated rings. The van der Waals surface area contributed by atoms with E-state index < -0.39 is 0 Å². The van der Waals surface area contributed by atoms with E-state index in [9.17, 15) is 9.59 Å². The predicted octanol–water partition coefficient (Wildman–Crippen LogP) is 1.08. The van der Waals surface area contributed by atoms with Crippen LogP contribution in [-0.4, -0.2) is 57.2 Å². The summed E-state index contributed by atoms with van der Waals surface area (Å²) < 4.78 is 5.04. The van der Waals surface area contributed by atoms with E-state index in [2.05, 4.69) is 15.2 Å². The minimum absolute atomic E-state index is 0.0251. The van der Waals surface area contributed by atoms with Crippen molar-refractivity contribution in [2.75, 3.05) is 19.6 Å². The van der Waals surface area contributed by atoms with Crippen LogP contribution in [0, 0.1) is 6.92 Å². The van der Waals surface area contributed by atoms with Crippen LogP contribution in [-0.2, 0) is 9.59 Å². The molecule has 3 heterocycles. The van der Waals surface area contributed by atoms with Gasteiger partial charge in [0.05, 0.1) is 0 Å². The van der Waals surface area contributed by atoms with Gasteiger partial charge >= 0.3 is 0 Å². The normalized spacial score (nSPS) is 22.3. The molecule has 2 aliphatic rings. The molecule has 0 aromatic carbocycles. The van der Waals surface area contributed by atoms with Crippen LogP contribution < -0.4 is 0 Å². The first kappa shape index (κ1) is 15.6. The molecule has 124 valence electrons. The number of amides is 2. The first-order valence-electron chi connectivity index (χ1n) is 8.05. The van der Waals surface area contributed by atoms with E-state index in [4.69, 9.17) is 4.52 Å². The number of aryl methyl sites for hydroxylation is 1. The van der Waals surface area contributed by atoms with E-state index >= 15 is 0 Å². The number of hydrogen-bond donors (Lipinski definition) is 0. The van der Waals surface area contributed by atoms with Gasteiger partial charge in [-0.25, -0.2) is 5.01 Å². The summed E-state index contributed by atoms with van der Waals surface area (Å²) in [5, 5.41) is 9.57. The van der Waals surface area contributed by atoms with Crippen molar-refractivity contribution in [3.63, 3.8) is 0 Å². The highest BCUT2D eigenvalue weighted by Gasteiger charge is 2.32. The minimum Gasteiger partial charge on any atom is -0.340 e. The Kier molecular flexibility index (Phi) is 4.40. The quantitative estimate of drug-likeness (QED) is 0.831. The Labute approximate surface area is 134 Å². The van der Waals surface area contributed by atoms with E-state index in [1.807, 2.05) is 6.92 Å². The first-order chi connectivity index (χ1) is 11.1. The Morgan fingerprint density at radius 1 is 1.39 bits per heavy atom. The molecule has 1 aromatic heterocycles. The van der Waals surface area contributed by atoms with E-state index in [0.29, 0.717) is 49.9 Å². The van der Waals surface area contributed by atoms with Gasteiger partial charge in [0.15, 0.2) is 5.82 Å². The monoisotopic (exact) mass is 319 g/mol. The zero-order valence-electron chi connectivity index (χ0n) is 13.5. The molecular formula is C15H21N5O3. The zero-order valence-corrected chi connectivity index (χ0v) is 13.5. The highest BCUT2D eigenvalue weighted by molar-refractivity contribution is 6.39. The van der Waals surface area contributed by atoms with Gasteiger partial charge in [-0.2, -0.15) is 10.1 Å². The standard InChI is InChI=1S/C15H21N5O3/c1-3-20-13(21)7-6-12(17-20)15(22)19-8-4-5-11(9-19)14-16-10(2)23-18-14/h11H,3-9H2,1-2H3/t11-/m1/s1. The maximum atomic E-state index is 12.7. The van der Waals surface area contributed by atoms with Crippen molar-refractivity contribution < 1.29 is 14.1 Å². The summed E-state index contributed by atoms with van der Waals surface area (Å²) in [5.74, 6) is 1.19. The number of nitrogens with zero attached hydrogens (tertiary/aromatic N) is 5. The Morgan fingerprint density at radius 3 is 2.91 bits per heavy atom. The lowest BCUT2D eigenvalue weighted by molar-refractivity contribution is -0.132. The number of hydrogen-bond acceptors (Lipinski definition) is 6. The molecule has 1 atom stereocenters.